The minimum absolute atomic E-state index is 0.734. The van der Waals surface area contributed by atoms with Crippen LogP contribution in [0.1, 0.15) is 0 Å². The van der Waals surface area contributed by atoms with E-state index in [-0.39, 0.29) is 0 Å². The molecule has 0 atom stereocenters. The zero-order valence-electron chi connectivity index (χ0n) is 4.18. The summed E-state index contributed by atoms with van der Waals surface area (Å²) in [5.41, 5.74) is 0. The van der Waals surface area contributed by atoms with E-state index in [4.69, 9.17) is 15.3 Å². The molecule has 0 radical (unpaired) electrons. The van der Waals surface area contributed by atoms with Crippen molar-refractivity contribution in [1.29, 1.82) is 0 Å². The number of rotatable bonds is 0. The van der Waals surface area contributed by atoms with Crippen LogP contribution in [0.15, 0.2) is 0 Å². The second kappa shape index (κ2) is 1.73. The van der Waals surface area contributed by atoms with E-state index in [0.29, 0.717) is 0 Å². The van der Waals surface area contributed by atoms with Gasteiger partial charge >= 0.3 is 0 Å². The Labute approximate surface area is 49.4 Å². The van der Waals surface area contributed by atoms with Crippen LogP contribution in [0, 0.1) is 0 Å². The number of aromatic hydroxyl groups is 3. The van der Waals surface area contributed by atoms with Crippen LogP contribution in [-0.2, 0) is 0 Å². The van der Waals surface area contributed by atoms with Gasteiger partial charge in [0.1, 0.15) is 0 Å². The Morgan fingerprint density at radius 1 is 0.889 bits per heavy atom. The minimum atomic E-state index is -0.759. The zero-order valence-corrected chi connectivity index (χ0v) is 4.18. The van der Waals surface area contributed by atoms with Gasteiger partial charge < -0.3 is 15.3 Å². The molecule has 6 heteroatoms. The maximum absolute atomic E-state index is 8.54. The lowest BCUT2D eigenvalue weighted by Crippen LogP contribution is -1.86. The van der Waals surface area contributed by atoms with E-state index < -0.39 is 17.5 Å². The van der Waals surface area contributed by atoms with Crippen LogP contribution < -0.4 is 0 Å². The summed E-state index contributed by atoms with van der Waals surface area (Å²) < 4.78 is 0. The molecular formula is C3H3N3O3. The molecule has 0 unspecified atom stereocenters. The first-order valence-corrected chi connectivity index (χ1v) is 2.02. The van der Waals surface area contributed by atoms with Crippen molar-refractivity contribution in [2.75, 3.05) is 0 Å². The molecule has 0 spiro atoms. The summed E-state index contributed by atoms with van der Waals surface area (Å²) in [5, 5.41) is 34.2. The van der Waals surface area contributed by atoms with E-state index in [2.05, 4.69) is 15.4 Å². The van der Waals surface area contributed by atoms with Crippen molar-refractivity contribution in [3.63, 3.8) is 0 Å². The molecule has 1 heterocycles. The van der Waals surface area contributed by atoms with Crippen molar-refractivity contribution < 1.29 is 15.3 Å². The molecule has 0 aliphatic rings. The summed E-state index contributed by atoms with van der Waals surface area (Å²) >= 11 is 0. The Morgan fingerprint density at radius 2 is 1.33 bits per heavy atom. The SMILES string of the molecule is Oc1nnnc(O)c1O. The van der Waals surface area contributed by atoms with Crippen molar-refractivity contribution in [1.82, 2.24) is 15.4 Å². The highest BCUT2D eigenvalue weighted by Gasteiger charge is 2.06. The van der Waals surface area contributed by atoms with Crippen molar-refractivity contribution >= 4 is 0 Å². The van der Waals surface area contributed by atoms with Crippen LogP contribution in [0.5, 0.6) is 17.5 Å². The van der Waals surface area contributed by atoms with Crippen molar-refractivity contribution in [3.05, 3.63) is 0 Å². The molecule has 0 aliphatic carbocycles. The van der Waals surface area contributed by atoms with Crippen LogP contribution in [0.4, 0.5) is 0 Å². The lowest BCUT2D eigenvalue weighted by molar-refractivity contribution is 0.334. The summed E-state index contributed by atoms with van der Waals surface area (Å²) in [6, 6.07) is 0. The van der Waals surface area contributed by atoms with Crippen LogP contribution in [-0.4, -0.2) is 30.7 Å². The highest BCUT2D eigenvalue weighted by atomic mass is 16.3. The molecule has 0 amide bonds. The molecular weight excluding hydrogens is 126 g/mol. The van der Waals surface area contributed by atoms with Gasteiger partial charge in [-0.15, -0.1) is 0 Å². The molecule has 0 saturated carbocycles. The Morgan fingerprint density at radius 3 is 1.67 bits per heavy atom. The molecule has 0 aliphatic heterocycles. The standard InChI is InChI=1S/C3H3N3O3/c7-1-2(8)4-6-5-3(1)9/h(H,6,7)(H2,4,5,8,9). The number of hydrogen-bond acceptors (Lipinski definition) is 6. The van der Waals surface area contributed by atoms with E-state index in [1.165, 1.54) is 0 Å². The van der Waals surface area contributed by atoms with Gasteiger partial charge in [0.25, 0.3) is 11.8 Å². The quantitative estimate of drug-likeness (QED) is 0.415. The topological polar surface area (TPSA) is 99.4 Å². The first-order chi connectivity index (χ1) is 4.22. The molecule has 0 saturated heterocycles. The monoisotopic (exact) mass is 129 g/mol. The molecule has 48 valence electrons. The molecule has 3 N–H and O–H groups in total. The highest BCUT2D eigenvalue weighted by molar-refractivity contribution is 5.36. The minimum Gasteiger partial charge on any atom is -0.499 e. The summed E-state index contributed by atoms with van der Waals surface area (Å²) in [4.78, 5) is 0. The second-order valence-corrected chi connectivity index (χ2v) is 1.29. The van der Waals surface area contributed by atoms with Crippen LogP contribution in [0.25, 0.3) is 0 Å². The molecule has 1 aromatic heterocycles. The third-order valence-corrected chi connectivity index (χ3v) is 0.702. The normalized spacial score (nSPS) is 9.33. The van der Waals surface area contributed by atoms with Crippen molar-refractivity contribution in [3.8, 4) is 17.5 Å². The second-order valence-electron chi connectivity index (χ2n) is 1.29. The van der Waals surface area contributed by atoms with E-state index in [0.717, 1.165) is 0 Å². The average Bonchev–Trinajstić information content (AvgIpc) is 1.83. The van der Waals surface area contributed by atoms with Crippen LogP contribution in [0.3, 0.4) is 0 Å². The van der Waals surface area contributed by atoms with Gasteiger partial charge in [-0.05, 0) is 5.21 Å². The fourth-order valence-electron chi connectivity index (χ4n) is 0.302. The lowest BCUT2D eigenvalue weighted by Gasteiger charge is -1.92. The van der Waals surface area contributed by atoms with Gasteiger partial charge in [-0.2, -0.15) is 0 Å². The van der Waals surface area contributed by atoms with Crippen molar-refractivity contribution in [2.45, 2.75) is 0 Å². The van der Waals surface area contributed by atoms with E-state index in [9.17, 15) is 0 Å². The van der Waals surface area contributed by atoms with Crippen LogP contribution >= 0.6 is 0 Å². The summed E-state index contributed by atoms with van der Waals surface area (Å²) in [7, 11) is 0. The first kappa shape index (κ1) is 5.54. The van der Waals surface area contributed by atoms with Gasteiger partial charge in [0, 0.05) is 0 Å². The fraction of sp³-hybridized carbons (Fsp3) is 0. The van der Waals surface area contributed by atoms with Gasteiger partial charge in [-0.25, -0.2) is 0 Å². The molecule has 6 nitrogen and oxygen atoms in total. The van der Waals surface area contributed by atoms with Gasteiger partial charge in [0.15, 0.2) is 0 Å². The van der Waals surface area contributed by atoms with E-state index in [1.54, 1.807) is 0 Å². The lowest BCUT2D eigenvalue weighted by atomic mass is 10.6. The molecule has 0 bridgehead atoms. The van der Waals surface area contributed by atoms with Gasteiger partial charge in [0.05, 0.1) is 0 Å². The highest BCUT2D eigenvalue weighted by Crippen LogP contribution is 2.27. The number of aromatic nitrogens is 3. The van der Waals surface area contributed by atoms with Gasteiger partial charge in [0.2, 0.25) is 5.75 Å². The predicted octanol–water partition coefficient (Wildman–Crippen LogP) is -1.01. The third kappa shape index (κ3) is 0.809. The molecule has 0 aromatic carbocycles. The maximum atomic E-state index is 8.54. The molecule has 0 fully saturated rings. The smallest absolute Gasteiger partial charge is 0.281 e. The van der Waals surface area contributed by atoms with Gasteiger partial charge in [-0.3, -0.25) is 0 Å². The van der Waals surface area contributed by atoms with Crippen LogP contribution in [0.2, 0.25) is 0 Å². The largest absolute Gasteiger partial charge is 0.499 e. The first-order valence-electron chi connectivity index (χ1n) is 2.02. The Balaban J connectivity index is 3.25. The Hall–Kier alpha value is -1.59. The van der Waals surface area contributed by atoms with Crippen molar-refractivity contribution in [2.24, 2.45) is 0 Å². The Kier molecular flexibility index (Phi) is 1.07. The zero-order chi connectivity index (χ0) is 6.85. The van der Waals surface area contributed by atoms with E-state index in [1.807, 2.05) is 0 Å². The average molecular weight is 129 g/mol. The molecule has 9 heavy (non-hydrogen) atoms. The predicted molar refractivity (Wildman–Crippen MR) is 24.8 cm³/mol. The van der Waals surface area contributed by atoms with E-state index >= 15 is 0 Å². The number of hydrogen-bond donors (Lipinski definition) is 3. The molecule has 1 rings (SSSR count). The maximum Gasteiger partial charge on any atom is 0.281 e. The Bertz CT molecular complexity index is 205. The fourth-order valence-corrected chi connectivity index (χ4v) is 0.302. The molecule has 1 aromatic rings. The van der Waals surface area contributed by atoms with Gasteiger partial charge in [-0.1, -0.05) is 10.2 Å². The summed E-state index contributed by atoms with van der Waals surface area (Å²) in [5.74, 6) is -2.23. The summed E-state index contributed by atoms with van der Waals surface area (Å²) in [6.07, 6.45) is 0. The third-order valence-electron chi connectivity index (χ3n) is 0.702. The summed E-state index contributed by atoms with van der Waals surface area (Å²) in [6.45, 7) is 0. The number of nitrogens with zero attached hydrogens (tertiary/aromatic N) is 3.